The Bertz CT molecular complexity index is 531. The molecule has 1 aromatic rings. The lowest BCUT2D eigenvalue weighted by Crippen LogP contribution is -2.52. The van der Waals surface area contributed by atoms with Gasteiger partial charge in [-0.1, -0.05) is 28.1 Å². The van der Waals surface area contributed by atoms with Crippen LogP contribution >= 0.6 is 15.9 Å². The van der Waals surface area contributed by atoms with E-state index in [1.165, 1.54) is 12.0 Å². The first-order chi connectivity index (χ1) is 10.1. The zero-order valence-corrected chi connectivity index (χ0v) is 14.1. The molecule has 3 nitrogen and oxygen atoms in total. The fourth-order valence-electron chi connectivity index (χ4n) is 3.56. The lowest BCUT2D eigenvalue weighted by Gasteiger charge is -2.38. The summed E-state index contributed by atoms with van der Waals surface area (Å²) in [4.78, 5) is 14.9. The molecule has 21 heavy (non-hydrogen) atoms. The van der Waals surface area contributed by atoms with Crippen molar-refractivity contribution in [1.82, 2.24) is 4.90 Å². The zero-order valence-electron chi connectivity index (χ0n) is 12.5. The number of halogens is 1. The molecule has 4 heteroatoms. The summed E-state index contributed by atoms with van der Waals surface area (Å²) in [5, 5.41) is 0. The Morgan fingerprint density at radius 1 is 1.43 bits per heavy atom. The fourth-order valence-corrected chi connectivity index (χ4v) is 3.98. The SMILES string of the molecule is CC(N)C1CCCCN1C(=O)C1CC1c1cccc(Br)c1. The minimum absolute atomic E-state index is 0.0670. The molecule has 0 bridgehead atoms. The molecule has 1 aromatic carbocycles. The predicted molar refractivity (Wildman–Crippen MR) is 88.0 cm³/mol. The molecule has 0 spiro atoms. The van der Waals surface area contributed by atoms with Gasteiger partial charge in [-0.15, -0.1) is 0 Å². The summed E-state index contributed by atoms with van der Waals surface area (Å²) in [5.74, 6) is 0.881. The summed E-state index contributed by atoms with van der Waals surface area (Å²) in [5.41, 5.74) is 7.36. The van der Waals surface area contributed by atoms with Crippen molar-refractivity contribution in [1.29, 1.82) is 0 Å². The maximum atomic E-state index is 12.8. The van der Waals surface area contributed by atoms with Crippen LogP contribution in [0.25, 0.3) is 0 Å². The van der Waals surface area contributed by atoms with E-state index in [-0.39, 0.29) is 18.0 Å². The molecule has 2 aliphatic rings. The number of nitrogens with zero attached hydrogens (tertiary/aromatic N) is 1. The van der Waals surface area contributed by atoms with E-state index in [0.29, 0.717) is 11.8 Å². The van der Waals surface area contributed by atoms with Crippen LogP contribution in [-0.4, -0.2) is 29.4 Å². The predicted octanol–water partition coefficient (Wildman–Crippen LogP) is 3.28. The zero-order chi connectivity index (χ0) is 15.0. The van der Waals surface area contributed by atoms with Crippen molar-refractivity contribution in [2.45, 2.75) is 50.6 Å². The Morgan fingerprint density at radius 2 is 2.24 bits per heavy atom. The van der Waals surface area contributed by atoms with Crippen LogP contribution in [0.15, 0.2) is 28.7 Å². The average molecular weight is 351 g/mol. The van der Waals surface area contributed by atoms with E-state index in [2.05, 4.69) is 33.0 Å². The molecule has 2 fully saturated rings. The Kier molecular flexibility index (Phi) is 4.36. The number of hydrogen-bond donors (Lipinski definition) is 1. The first kappa shape index (κ1) is 15.0. The van der Waals surface area contributed by atoms with Crippen LogP contribution in [0.3, 0.4) is 0 Å². The molecule has 1 heterocycles. The number of carbonyl (C=O) groups is 1. The highest BCUT2D eigenvalue weighted by molar-refractivity contribution is 9.10. The van der Waals surface area contributed by atoms with E-state index < -0.39 is 0 Å². The van der Waals surface area contributed by atoms with Crippen molar-refractivity contribution in [3.8, 4) is 0 Å². The van der Waals surface area contributed by atoms with Gasteiger partial charge in [0, 0.05) is 29.0 Å². The number of amides is 1. The van der Waals surface area contributed by atoms with Crippen LogP contribution in [0.5, 0.6) is 0 Å². The lowest BCUT2D eigenvalue weighted by atomic mass is 9.96. The number of nitrogens with two attached hydrogens (primary N) is 1. The standard InChI is InChI=1S/C17H23BrN2O/c1-11(19)16-7-2-3-8-20(16)17(21)15-10-14(15)12-5-4-6-13(18)9-12/h4-6,9,11,14-16H,2-3,7-8,10,19H2,1H3. The van der Waals surface area contributed by atoms with Crippen LogP contribution in [0.2, 0.25) is 0 Å². The van der Waals surface area contributed by atoms with Gasteiger partial charge in [0.25, 0.3) is 0 Å². The van der Waals surface area contributed by atoms with Crippen LogP contribution in [0, 0.1) is 5.92 Å². The van der Waals surface area contributed by atoms with Gasteiger partial charge < -0.3 is 10.6 Å². The Morgan fingerprint density at radius 3 is 2.95 bits per heavy atom. The van der Waals surface area contributed by atoms with Crippen molar-refractivity contribution < 1.29 is 4.79 Å². The number of hydrogen-bond acceptors (Lipinski definition) is 2. The summed E-state index contributed by atoms with van der Waals surface area (Å²) in [7, 11) is 0. The molecule has 1 aliphatic carbocycles. The third-order valence-corrected chi connectivity index (χ3v) is 5.32. The minimum atomic E-state index is 0.0670. The quantitative estimate of drug-likeness (QED) is 0.908. The summed E-state index contributed by atoms with van der Waals surface area (Å²) in [6.45, 7) is 2.90. The molecule has 0 aromatic heterocycles. The number of likely N-dealkylation sites (tertiary alicyclic amines) is 1. The van der Waals surface area contributed by atoms with Crippen molar-refractivity contribution >= 4 is 21.8 Å². The minimum Gasteiger partial charge on any atom is -0.338 e. The Hall–Kier alpha value is -0.870. The highest BCUT2D eigenvalue weighted by atomic mass is 79.9. The third-order valence-electron chi connectivity index (χ3n) is 4.82. The normalized spacial score (nSPS) is 30.0. The second-order valence-electron chi connectivity index (χ2n) is 6.46. The van der Waals surface area contributed by atoms with E-state index in [9.17, 15) is 4.79 Å². The van der Waals surface area contributed by atoms with Crippen LogP contribution in [0.1, 0.15) is 44.1 Å². The first-order valence-electron chi connectivity index (χ1n) is 7.89. The largest absolute Gasteiger partial charge is 0.338 e. The molecule has 1 aliphatic heterocycles. The van der Waals surface area contributed by atoms with Crippen molar-refractivity contribution in [2.24, 2.45) is 11.7 Å². The van der Waals surface area contributed by atoms with Gasteiger partial charge in [-0.3, -0.25) is 4.79 Å². The molecule has 4 unspecified atom stereocenters. The number of benzene rings is 1. The average Bonchev–Trinajstić information content (AvgIpc) is 3.27. The number of rotatable bonds is 3. The topological polar surface area (TPSA) is 46.3 Å². The summed E-state index contributed by atoms with van der Waals surface area (Å²) in [6.07, 6.45) is 4.34. The lowest BCUT2D eigenvalue weighted by molar-refractivity contribution is -0.136. The molecular weight excluding hydrogens is 328 g/mol. The van der Waals surface area contributed by atoms with E-state index in [1.54, 1.807) is 0 Å². The van der Waals surface area contributed by atoms with Crippen molar-refractivity contribution in [2.75, 3.05) is 6.54 Å². The van der Waals surface area contributed by atoms with Crippen molar-refractivity contribution in [3.05, 3.63) is 34.3 Å². The summed E-state index contributed by atoms with van der Waals surface area (Å²) < 4.78 is 1.09. The summed E-state index contributed by atoms with van der Waals surface area (Å²) in [6, 6.07) is 8.64. The van der Waals surface area contributed by atoms with Gasteiger partial charge >= 0.3 is 0 Å². The molecule has 2 N–H and O–H groups in total. The van der Waals surface area contributed by atoms with Gasteiger partial charge in [0.2, 0.25) is 5.91 Å². The molecule has 114 valence electrons. The summed E-state index contributed by atoms with van der Waals surface area (Å²) >= 11 is 3.51. The second kappa shape index (κ2) is 6.09. The molecular formula is C17H23BrN2O. The van der Waals surface area contributed by atoms with Gasteiger partial charge in [0.05, 0.1) is 0 Å². The van der Waals surface area contributed by atoms with Gasteiger partial charge in [-0.05, 0) is 56.2 Å². The Labute approximate surface area is 135 Å². The van der Waals surface area contributed by atoms with Gasteiger partial charge in [0.1, 0.15) is 0 Å². The van der Waals surface area contributed by atoms with Crippen LogP contribution < -0.4 is 5.73 Å². The molecule has 4 atom stereocenters. The van der Waals surface area contributed by atoms with E-state index in [1.807, 2.05) is 19.1 Å². The number of carbonyl (C=O) groups excluding carboxylic acids is 1. The smallest absolute Gasteiger partial charge is 0.226 e. The monoisotopic (exact) mass is 350 g/mol. The van der Waals surface area contributed by atoms with Crippen molar-refractivity contribution in [3.63, 3.8) is 0 Å². The van der Waals surface area contributed by atoms with Gasteiger partial charge in [0.15, 0.2) is 0 Å². The van der Waals surface area contributed by atoms with E-state index >= 15 is 0 Å². The van der Waals surface area contributed by atoms with Crippen LogP contribution in [0.4, 0.5) is 0 Å². The molecule has 1 saturated carbocycles. The Balaban J connectivity index is 1.69. The molecule has 1 amide bonds. The highest BCUT2D eigenvalue weighted by Crippen LogP contribution is 2.49. The van der Waals surface area contributed by atoms with E-state index in [0.717, 1.165) is 30.3 Å². The third kappa shape index (κ3) is 3.16. The second-order valence-corrected chi connectivity index (χ2v) is 7.37. The molecule has 3 rings (SSSR count). The maximum Gasteiger partial charge on any atom is 0.226 e. The fraction of sp³-hybridized carbons (Fsp3) is 0.588. The highest BCUT2D eigenvalue weighted by Gasteiger charge is 2.47. The van der Waals surface area contributed by atoms with Gasteiger partial charge in [-0.25, -0.2) is 0 Å². The molecule has 0 radical (unpaired) electrons. The maximum absolute atomic E-state index is 12.8. The van der Waals surface area contributed by atoms with Gasteiger partial charge in [-0.2, -0.15) is 0 Å². The van der Waals surface area contributed by atoms with Crippen LogP contribution in [-0.2, 0) is 4.79 Å². The first-order valence-corrected chi connectivity index (χ1v) is 8.68. The number of piperidine rings is 1. The van der Waals surface area contributed by atoms with E-state index in [4.69, 9.17) is 5.73 Å². The molecule has 1 saturated heterocycles.